The van der Waals surface area contributed by atoms with Gasteiger partial charge in [-0.25, -0.2) is 13.4 Å². The summed E-state index contributed by atoms with van der Waals surface area (Å²) in [4.78, 5) is 7.32. The Bertz CT molecular complexity index is 1320. The molecule has 0 aliphatic carbocycles. The highest BCUT2D eigenvalue weighted by Crippen LogP contribution is 2.37. The number of anilines is 2. The summed E-state index contributed by atoms with van der Waals surface area (Å²) < 4.78 is 33.5. The van der Waals surface area contributed by atoms with E-state index in [4.69, 9.17) is 9.73 Å². The average Bonchev–Trinajstić information content (AvgIpc) is 3.20. The van der Waals surface area contributed by atoms with Crippen LogP contribution in [0.3, 0.4) is 0 Å². The van der Waals surface area contributed by atoms with Crippen molar-refractivity contribution in [1.29, 1.82) is 0 Å². The van der Waals surface area contributed by atoms with Gasteiger partial charge in [-0.3, -0.25) is 0 Å². The molecule has 1 fully saturated rings. The van der Waals surface area contributed by atoms with Crippen LogP contribution in [-0.2, 0) is 14.8 Å². The summed E-state index contributed by atoms with van der Waals surface area (Å²) in [5, 5.41) is 5.73. The molecule has 0 unspecified atom stereocenters. The first kappa shape index (κ1) is 21.9. The SMILES string of the molecule is CCN(CC)c1ccc(S(=O)(=O)N2CCOCC2)cc1NC1=Nc2cccc3cccc1c23. The lowest BCUT2D eigenvalue weighted by atomic mass is 10.0. The zero-order valence-corrected chi connectivity index (χ0v) is 19.7. The van der Waals surface area contributed by atoms with Gasteiger partial charge in [0.15, 0.2) is 0 Å². The topological polar surface area (TPSA) is 74.2 Å². The van der Waals surface area contributed by atoms with E-state index in [1.54, 1.807) is 12.1 Å². The third-order valence-corrected chi connectivity index (χ3v) is 8.20. The lowest BCUT2D eigenvalue weighted by Crippen LogP contribution is -2.40. The molecule has 3 aromatic rings. The van der Waals surface area contributed by atoms with E-state index in [0.717, 1.165) is 52.3 Å². The van der Waals surface area contributed by atoms with Crippen LogP contribution in [0.4, 0.5) is 17.1 Å². The van der Waals surface area contributed by atoms with Crippen molar-refractivity contribution < 1.29 is 13.2 Å². The van der Waals surface area contributed by atoms with E-state index in [1.807, 2.05) is 24.3 Å². The van der Waals surface area contributed by atoms with Crippen LogP contribution < -0.4 is 10.2 Å². The molecule has 33 heavy (non-hydrogen) atoms. The van der Waals surface area contributed by atoms with E-state index >= 15 is 0 Å². The molecular formula is C25H28N4O3S. The van der Waals surface area contributed by atoms with E-state index < -0.39 is 10.0 Å². The molecule has 8 heteroatoms. The highest BCUT2D eigenvalue weighted by atomic mass is 32.2. The second-order valence-electron chi connectivity index (χ2n) is 8.13. The van der Waals surface area contributed by atoms with E-state index in [0.29, 0.717) is 26.3 Å². The van der Waals surface area contributed by atoms with Gasteiger partial charge in [-0.15, -0.1) is 0 Å². The predicted octanol–water partition coefficient (Wildman–Crippen LogP) is 4.21. The second-order valence-corrected chi connectivity index (χ2v) is 10.1. The van der Waals surface area contributed by atoms with Crippen molar-refractivity contribution in [3.63, 3.8) is 0 Å². The van der Waals surface area contributed by atoms with E-state index in [1.165, 1.54) is 4.31 Å². The molecule has 3 aromatic carbocycles. The highest BCUT2D eigenvalue weighted by molar-refractivity contribution is 7.89. The van der Waals surface area contributed by atoms with Crippen LogP contribution in [-0.4, -0.2) is 58.0 Å². The molecule has 2 aliphatic heterocycles. The molecule has 5 rings (SSSR count). The fourth-order valence-electron chi connectivity index (χ4n) is 4.57. The van der Waals surface area contributed by atoms with Crippen LogP contribution in [0.2, 0.25) is 0 Å². The maximum Gasteiger partial charge on any atom is 0.243 e. The van der Waals surface area contributed by atoms with Crippen LogP contribution in [0.25, 0.3) is 10.8 Å². The number of aliphatic imine (C=N–C) groups is 1. The van der Waals surface area contributed by atoms with Gasteiger partial charge in [0, 0.05) is 37.1 Å². The predicted molar refractivity (Wildman–Crippen MR) is 133 cm³/mol. The maximum absolute atomic E-state index is 13.3. The average molecular weight is 465 g/mol. The minimum atomic E-state index is -3.61. The molecule has 0 atom stereocenters. The summed E-state index contributed by atoms with van der Waals surface area (Å²) in [5.41, 5.74) is 3.63. The third kappa shape index (κ3) is 3.88. The highest BCUT2D eigenvalue weighted by Gasteiger charge is 2.28. The van der Waals surface area contributed by atoms with Crippen LogP contribution in [0, 0.1) is 0 Å². The Kier molecular flexibility index (Phi) is 5.82. The van der Waals surface area contributed by atoms with Crippen LogP contribution >= 0.6 is 0 Å². The molecule has 0 radical (unpaired) electrons. The van der Waals surface area contributed by atoms with Crippen LogP contribution in [0.5, 0.6) is 0 Å². The standard InChI is InChI=1S/C25H28N4O3S/c1-3-28(4-2)23-12-11-19(33(30,31)29-13-15-32-16-14-29)17-22(23)27-25-20-9-5-7-18-8-6-10-21(26-25)24(18)20/h5-12,17H,3-4,13-16H2,1-2H3,(H,26,27). The number of morpholine rings is 1. The minimum Gasteiger partial charge on any atom is -0.379 e. The number of benzene rings is 3. The Balaban J connectivity index is 1.57. The van der Waals surface area contributed by atoms with Gasteiger partial charge >= 0.3 is 0 Å². The molecule has 1 N–H and O–H groups in total. The summed E-state index contributed by atoms with van der Waals surface area (Å²) in [5.74, 6) is 0.733. The first-order valence-electron chi connectivity index (χ1n) is 11.4. The van der Waals surface area contributed by atoms with Crippen LogP contribution in [0.15, 0.2) is 64.5 Å². The molecular weight excluding hydrogens is 436 g/mol. The van der Waals surface area contributed by atoms with E-state index in [9.17, 15) is 8.42 Å². The van der Waals surface area contributed by atoms with E-state index in [-0.39, 0.29) is 4.90 Å². The fourth-order valence-corrected chi connectivity index (χ4v) is 6.00. The van der Waals surface area contributed by atoms with Gasteiger partial charge in [0.1, 0.15) is 5.84 Å². The molecule has 0 amide bonds. The zero-order valence-electron chi connectivity index (χ0n) is 18.9. The summed E-state index contributed by atoms with van der Waals surface area (Å²) >= 11 is 0. The van der Waals surface area contributed by atoms with Gasteiger partial charge in [0.05, 0.1) is 35.2 Å². The number of nitrogens with zero attached hydrogens (tertiary/aromatic N) is 3. The molecule has 0 aromatic heterocycles. The molecule has 0 bridgehead atoms. The van der Waals surface area contributed by atoms with Crippen molar-refractivity contribution in [3.05, 3.63) is 60.2 Å². The molecule has 0 saturated carbocycles. The number of hydrogen-bond acceptors (Lipinski definition) is 6. The summed E-state index contributed by atoms with van der Waals surface area (Å²) in [6, 6.07) is 17.6. The Hall–Kier alpha value is -2.94. The Morgan fingerprint density at radius 3 is 2.48 bits per heavy atom. The first-order chi connectivity index (χ1) is 16.0. The number of nitrogens with one attached hydrogen (secondary N) is 1. The van der Waals surface area contributed by atoms with E-state index in [2.05, 4.69) is 42.3 Å². The van der Waals surface area contributed by atoms with Crippen molar-refractivity contribution in [2.45, 2.75) is 18.7 Å². The third-order valence-electron chi connectivity index (χ3n) is 6.30. The molecule has 7 nitrogen and oxygen atoms in total. The van der Waals surface area contributed by atoms with Gasteiger partial charge in [0.25, 0.3) is 0 Å². The van der Waals surface area contributed by atoms with Crippen molar-refractivity contribution in [3.8, 4) is 0 Å². The zero-order chi connectivity index (χ0) is 23.0. The Morgan fingerprint density at radius 1 is 1.03 bits per heavy atom. The van der Waals surface area contributed by atoms with Gasteiger partial charge < -0.3 is 15.0 Å². The van der Waals surface area contributed by atoms with Crippen molar-refractivity contribution in [2.75, 3.05) is 49.6 Å². The number of hydrogen-bond donors (Lipinski definition) is 1. The van der Waals surface area contributed by atoms with Crippen molar-refractivity contribution in [1.82, 2.24) is 4.31 Å². The molecule has 0 spiro atoms. The first-order valence-corrected chi connectivity index (χ1v) is 12.8. The summed E-state index contributed by atoms with van der Waals surface area (Å²) in [6.45, 7) is 7.37. The number of ether oxygens (including phenoxy) is 1. The van der Waals surface area contributed by atoms with Crippen molar-refractivity contribution >= 4 is 43.7 Å². The maximum atomic E-state index is 13.3. The largest absolute Gasteiger partial charge is 0.379 e. The van der Waals surface area contributed by atoms with Gasteiger partial charge in [-0.2, -0.15) is 4.31 Å². The normalized spacial score (nSPS) is 16.1. The van der Waals surface area contributed by atoms with Gasteiger partial charge in [-0.05, 0) is 43.5 Å². The summed E-state index contributed by atoms with van der Waals surface area (Å²) in [6.07, 6.45) is 0. The quantitative estimate of drug-likeness (QED) is 0.592. The van der Waals surface area contributed by atoms with Crippen molar-refractivity contribution in [2.24, 2.45) is 4.99 Å². The number of amidine groups is 1. The monoisotopic (exact) mass is 464 g/mol. The molecule has 2 aliphatic rings. The Labute approximate surface area is 194 Å². The molecule has 1 saturated heterocycles. The number of rotatable bonds is 6. The smallest absolute Gasteiger partial charge is 0.243 e. The number of sulfonamides is 1. The fraction of sp³-hybridized carbons (Fsp3) is 0.320. The van der Waals surface area contributed by atoms with Gasteiger partial charge in [0.2, 0.25) is 10.0 Å². The second kappa shape index (κ2) is 8.78. The lowest BCUT2D eigenvalue weighted by molar-refractivity contribution is 0.0730. The summed E-state index contributed by atoms with van der Waals surface area (Å²) in [7, 11) is -3.61. The Morgan fingerprint density at radius 2 is 1.76 bits per heavy atom. The lowest BCUT2D eigenvalue weighted by Gasteiger charge is -2.28. The molecule has 172 valence electrons. The molecule has 2 heterocycles. The van der Waals surface area contributed by atoms with Gasteiger partial charge in [-0.1, -0.05) is 30.3 Å². The minimum absolute atomic E-state index is 0.275. The van der Waals surface area contributed by atoms with Crippen LogP contribution in [0.1, 0.15) is 19.4 Å².